The normalized spacial score (nSPS) is 11.5. The Morgan fingerprint density at radius 1 is 1.03 bits per heavy atom. The third-order valence-electron chi connectivity index (χ3n) is 4.63. The molecule has 2 rings (SSSR count). The number of ketones is 1. The number of rotatable bonds is 17. The Balaban J connectivity index is 1.58. The van der Waals surface area contributed by atoms with E-state index in [9.17, 15) is 9.18 Å². The number of aromatic nitrogens is 2. The first-order chi connectivity index (χ1) is 15.1. The summed E-state index contributed by atoms with van der Waals surface area (Å²) >= 11 is 2.23. The third-order valence-corrected chi connectivity index (χ3v) is 5.30. The van der Waals surface area contributed by atoms with Gasteiger partial charge in [-0.3, -0.25) is 9.78 Å². The molecule has 7 nitrogen and oxygen atoms in total. The second-order valence-electron chi connectivity index (χ2n) is 6.88. The van der Waals surface area contributed by atoms with Crippen molar-refractivity contribution in [3.05, 3.63) is 33.7 Å². The van der Waals surface area contributed by atoms with Crippen LogP contribution in [0.15, 0.2) is 24.4 Å². The number of fused-ring (bicyclic) bond motifs is 1. The van der Waals surface area contributed by atoms with Crippen LogP contribution in [-0.4, -0.2) is 86.6 Å². The predicted molar refractivity (Wildman–Crippen MR) is 126 cm³/mol. The monoisotopic (exact) mass is 545 g/mol. The maximum Gasteiger partial charge on any atom is 0.182 e. The van der Waals surface area contributed by atoms with Crippen LogP contribution in [0.3, 0.4) is 0 Å². The average Bonchev–Trinajstić information content (AvgIpc) is 2.78. The molecule has 0 saturated carbocycles. The Kier molecular flexibility index (Phi) is 13.0. The number of hydrogen-bond donors (Lipinski definition) is 0. The van der Waals surface area contributed by atoms with Crippen molar-refractivity contribution in [3.63, 3.8) is 0 Å². The molecule has 0 aliphatic rings. The number of alkyl halides is 1. The van der Waals surface area contributed by atoms with Crippen molar-refractivity contribution in [2.45, 2.75) is 19.8 Å². The molecule has 0 bridgehead atoms. The molecule has 0 saturated heterocycles. The summed E-state index contributed by atoms with van der Waals surface area (Å²) in [5.74, 6) is 0.0212. The van der Waals surface area contributed by atoms with Crippen molar-refractivity contribution in [3.8, 4) is 0 Å². The molecule has 0 aliphatic carbocycles. The van der Waals surface area contributed by atoms with E-state index in [1.54, 1.807) is 6.20 Å². The molecule has 0 spiro atoms. The van der Waals surface area contributed by atoms with Gasteiger partial charge in [-0.2, -0.15) is 0 Å². The van der Waals surface area contributed by atoms with Crippen LogP contribution < -0.4 is 0 Å². The molecule has 0 unspecified atom stereocenters. The van der Waals surface area contributed by atoms with Crippen molar-refractivity contribution in [2.24, 2.45) is 0 Å². The number of likely N-dealkylation sites (N-methyl/N-ethyl adjacent to an activating group) is 1. The van der Waals surface area contributed by atoms with E-state index in [2.05, 4.69) is 44.4 Å². The molecule has 2 aromatic rings. The summed E-state index contributed by atoms with van der Waals surface area (Å²) < 4.78 is 28.9. The summed E-state index contributed by atoms with van der Waals surface area (Å²) in [5.41, 5.74) is 1.97. The minimum Gasteiger partial charge on any atom is -0.378 e. The minimum absolute atomic E-state index is 0.0212. The highest BCUT2D eigenvalue weighted by Gasteiger charge is 2.11. The van der Waals surface area contributed by atoms with Crippen LogP contribution in [-0.2, 0) is 14.2 Å². The molecule has 1 heterocycles. The van der Waals surface area contributed by atoms with E-state index in [1.807, 2.05) is 18.2 Å². The molecule has 1 aromatic heterocycles. The molecular formula is C22H31FIN3O4. The van der Waals surface area contributed by atoms with Gasteiger partial charge in [0.1, 0.15) is 12.4 Å². The lowest BCUT2D eigenvalue weighted by atomic mass is 10.1. The van der Waals surface area contributed by atoms with Crippen LogP contribution in [0.1, 0.15) is 30.3 Å². The van der Waals surface area contributed by atoms with Gasteiger partial charge in [-0.15, -0.1) is 0 Å². The van der Waals surface area contributed by atoms with E-state index in [1.165, 1.54) is 0 Å². The Morgan fingerprint density at radius 3 is 2.45 bits per heavy atom. The highest BCUT2D eigenvalue weighted by atomic mass is 125. The lowest BCUT2D eigenvalue weighted by molar-refractivity contribution is 0.00879. The zero-order valence-electron chi connectivity index (χ0n) is 18.0. The number of Topliss-reactive ketones (excluding diaryl/α,β-unsaturated/α-hetero) is 1. The zero-order chi connectivity index (χ0) is 22.3. The van der Waals surface area contributed by atoms with Crippen molar-refractivity contribution >= 4 is 39.4 Å². The summed E-state index contributed by atoms with van der Waals surface area (Å²) in [7, 11) is 0. The standard InChI is InChI=1S/C22H31FIN3O4/c1-2-27(9-11-30-13-15-31-14-12-29-10-7-23)8-3-4-22(28)21-17-25-20-16-18(24)5-6-19(20)26-21/h5-6,16-17H,2-4,7-15H2,1H3/i24-2. The second-order valence-corrected chi connectivity index (χ2v) is 8.12. The van der Waals surface area contributed by atoms with Gasteiger partial charge in [-0.25, -0.2) is 9.37 Å². The third kappa shape index (κ3) is 10.3. The van der Waals surface area contributed by atoms with E-state index in [0.717, 1.165) is 40.7 Å². The van der Waals surface area contributed by atoms with Crippen LogP contribution in [0.2, 0.25) is 0 Å². The Hall–Kier alpha value is -1.27. The van der Waals surface area contributed by atoms with Gasteiger partial charge in [0.25, 0.3) is 0 Å². The molecule has 0 N–H and O–H groups in total. The van der Waals surface area contributed by atoms with Gasteiger partial charge < -0.3 is 19.1 Å². The molecule has 1 aromatic carbocycles. The van der Waals surface area contributed by atoms with Gasteiger partial charge in [0.2, 0.25) is 0 Å². The highest BCUT2D eigenvalue weighted by Crippen LogP contribution is 2.14. The van der Waals surface area contributed by atoms with Crippen LogP contribution in [0.25, 0.3) is 11.0 Å². The van der Waals surface area contributed by atoms with E-state index in [4.69, 9.17) is 14.2 Å². The van der Waals surface area contributed by atoms with E-state index in [-0.39, 0.29) is 12.4 Å². The van der Waals surface area contributed by atoms with Gasteiger partial charge in [0.05, 0.1) is 56.9 Å². The molecule has 0 aliphatic heterocycles. The van der Waals surface area contributed by atoms with E-state index >= 15 is 0 Å². The van der Waals surface area contributed by atoms with Crippen molar-refractivity contribution in [2.75, 3.05) is 66.0 Å². The first-order valence-electron chi connectivity index (χ1n) is 10.6. The number of carbonyl (C=O) groups excluding carboxylic acids is 1. The summed E-state index contributed by atoms with van der Waals surface area (Å²) in [6, 6.07) is 5.81. The highest BCUT2D eigenvalue weighted by molar-refractivity contribution is 14.1. The molecule has 31 heavy (non-hydrogen) atoms. The Labute approximate surface area is 196 Å². The quantitative estimate of drug-likeness (QED) is 0.171. The molecule has 0 atom stereocenters. The van der Waals surface area contributed by atoms with Crippen LogP contribution in [0.4, 0.5) is 4.39 Å². The average molecular weight is 545 g/mol. The van der Waals surface area contributed by atoms with Gasteiger partial charge >= 0.3 is 0 Å². The number of halogens is 2. The number of nitrogens with zero attached hydrogens (tertiary/aromatic N) is 3. The summed E-state index contributed by atoms with van der Waals surface area (Å²) in [5, 5.41) is 0. The number of benzene rings is 1. The lowest BCUT2D eigenvalue weighted by Gasteiger charge is -2.20. The first-order valence-corrected chi connectivity index (χ1v) is 11.7. The van der Waals surface area contributed by atoms with Gasteiger partial charge in [0.15, 0.2) is 5.78 Å². The molecule has 0 fully saturated rings. The van der Waals surface area contributed by atoms with Gasteiger partial charge in [0, 0.05) is 16.5 Å². The molecule has 0 radical (unpaired) electrons. The predicted octanol–water partition coefficient (Wildman–Crippen LogP) is 3.54. The van der Waals surface area contributed by atoms with Crippen LogP contribution >= 0.6 is 22.6 Å². The Morgan fingerprint density at radius 2 is 1.74 bits per heavy atom. The summed E-state index contributed by atoms with van der Waals surface area (Å²) in [4.78, 5) is 23.6. The van der Waals surface area contributed by atoms with Gasteiger partial charge in [-0.1, -0.05) is 6.92 Å². The molecule has 9 heteroatoms. The van der Waals surface area contributed by atoms with Crippen molar-refractivity contribution < 1.29 is 23.4 Å². The molecular weight excluding hydrogens is 514 g/mol. The number of ether oxygens (including phenoxy) is 3. The largest absolute Gasteiger partial charge is 0.378 e. The maximum absolute atomic E-state index is 12.5. The summed E-state index contributed by atoms with van der Waals surface area (Å²) in [6.07, 6.45) is 2.78. The number of carbonyl (C=O) groups is 1. The first kappa shape index (κ1) is 26.0. The molecule has 172 valence electrons. The maximum atomic E-state index is 12.5. The fourth-order valence-corrected chi connectivity index (χ4v) is 3.40. The van der Waals surface area contributed by atoms with E-state index < -0.39 is 6.67 Å². The lowest BCUT2D eigenvalue weighted by Crippen LogP contribution is -2.29. The molecule has 0 amide bonds. The van der Waals surface area contributed by atoms with Gasteiger partial charge in [-0.05, 0) is 60.3 Å². The SMILES string of the molecule is CCN(CCCC(=O)c1cnc2cc([125I])ccc2n1)CCOCCOCCOCCF. The summed E-state index contributed by atoms with van der Waals surface area (Å²) in [6.45, 7) is 6.73. The minimum atomic E-state index is -0.470. The van der Waals surface area contributed by atoms with E-state index in [0.29, 0.717) is 45.1 Å². The topological polar surface area (TPSA) is 73.8 Å². The number of hydrogen-bond acceptors (Lipinski definition) is 7. The Bertz CT molecular complexity index is 796. The fourth-order valence-electron chi connectivity index (χ4n) is 2.93. The smallest absolute Gasteiger partial charge is 0.182 e. The fraction of sp³-hybridized carbons (Fsp3) is 0.591. The second kappa shape index (κ2) is 15.5. The van der Waals surface area contributed by atoms with Crippen molar-refractivity contribution in [1.29, 1.82) is 0 Å². The van der Waals surface area contributed by atoms with Crippen LogP contribution in [0.5, 0.6) is 0 Å². The zero-order valence-corrected chi connectivity index (χ0v) is 20.2. The van der Waals surface area contributed by atoms with Crippen molar-refractivity contribution in [1.82, 2.24) is 14.9 Å². The van der Waals surface area contributed by atoms with Crippen LogP contribution in [0, 0.1) is 3.57 Å².